The largest absolute Gasteiger partial charge is 0.494 e. The number of carbonyl (C=O) groups is 1. The Hall–Kier alpha value is -1.71. The first-order chi connectivity index (χ1) is 7.61. The number of benzene rings is 1. The van der Waals surface area contributed by atoms with E-state index in [0.717, 1.165) is 5.75 Å². The Bertz CT molecular complexity index is 331. The van der Waals surface area contributed by atoms with Gasteiger partial charge in [-0.05, 0) is 38.1 Å². The number of aliphatic carboxylic acids is 1. The zero-order valence-corrected chi connectivity index (χ0v) is 9.47. The molecule has 0 aliphatic rings. The van der Waals surface area contributed by atoms with E-state index in [4.69, 9.17) is 14.6 Å². The predicted molar refractivity (Wildman–Crippen MR) is 60.0 cm³/mol. The van der Waals surface area contributed by atoms with Crippen LogP contribution < -0.4 is 9.47 Å². The van der Waals surface area contributed by atoms with Gasteiger partial charge in [-0.3, -0.25) is 4.79 Å². The molecule has 0 heterocycles. The third-order valence-corrected chi connectivity index (χ3v) is 1.93. The molecule has 1 rings (SSSR count). The Morgan fingerprint density at radius 2 is 1.88 bits per heavy atom. The number of hydrogen-bond acceptors (Lipinski definition) is 3. The van der Waals surface area contributed by atoms with E-state index < -0.39 is 5.97 Å². The first-order valence-corrected chi connectivity index (χ1v) is 5.23. The summed E-state index contributed by atoms with van der Waals surface area (Å²) < 4.78 is 10.7. The molecule has 1 N–H and O–H groups in total. The van der Waals surface area contributed by atoms with Crippen LogP contribution in [0, 0.1) is 0 Å². The van der Waals surface area contributed by atoms with Crippen molar-refractivity contribution < 1.29 is 19.4 Å². The Morgan fingerprint density at radius 3 is 2.38 bits per heavy atom. The molecule has 0 bridgehead atoms. The van der Waals surface area contributed by atoms with Gasteiger partial charge in [0.25, 0.3) is 0 Å². The fourth-order valence-electron chi connectivity index (χ4n) is 1.30. The molecule has 0 amide bonds. The van der Waals surface area contributed by atoms with E-state index in [0.29, 0.717) is 12.4 Å². The van der Waals surface area contributed by atoms with Crippen LogP contribution >= 0.6 is 0 Å². The van der Waals surface area contributed by atoms with Crippen molar-refractivity contribution in [3.63, 3.8) is 0 Å². The Kier molecular flexibility index (Phi) is 4.64. The molecule has 0 aliphatic heterocycles. The molecule has 1 unspecified atom stereocenters. The van der Waals surface area contributed by atoms with Crippen molar-refractivity contribution in [2.24, 2.45) is 0 Å². The molecule has 0 radical (unpaired) electrons. The molecule has 0 aliphatic carbocycles. The molecule has 1 aromatic rings. The fourth-order valence-corrected chi connectivity index (χ4v) is 1.30. The van der Waals surface area contributed by atoms with Crippen LogP contribution in [0.1, 0.15) is 20.3 Å². The van der Waals surface area contributed by atoms with E-state index in [9.17, 15) is 4.79 Å². The minimum absolute atomic E-state index is 0.00673. The average molecular weight is 224 g/mol. The van der Waals surface area contributed by atoms with E-state index in [1.807, 2.05) is 6.92 Å². The Balaban J connectivity index is 2.51. The lowest BCUT2D eigenvalue weighted by atomic mass is 10.3. The van der Waals surface area contributed by atoms with Gasteiger partial charge in [0.15, 0.2) is 0 Å². The van der Waals surface area contributed by atoms with Gasteiger partial charge < -0.3 is 14.6 Å². The Morgan fingerprint density at radius 1 is 1.31 bits per heavy atom. The highest BCUT2D eigenvalue weighted by molar-refractivity contribution is 5.67. The first kappa shape index (κ1) is 12.4. The lowest BCUT2D eigenvalue weighted by Crippen LogP contribution is -2.16. The molecular formula is C12H16O4. The van der Waals surface area contributed by atoms with Crippen LogP contribution in [0.4, 0.5) is 0 Å². The van der Waals surface area contributed by atoms with E-state index in [1.54, 1.807) is 31.2 Å². The van der Waals surface area contributed by atoms with Crippen molar-refractivity contribution >= 4 is 5.97 Å². The van der Waals surface area contributed by atoms with Crippen LogP contribution in [0.5, 0.6) is 11.5 Å². The van der Waals surface area contributed by atoms with Gasteiger partial charge in [-0.2, -0.15) is 0 Å². The number of rotatable bonds is 6. The zero-order chi connectivity index (χ0) is 12.0. The van der Waals surface area contributed by atoms with Gasteiger partial charge in [0.1, 0.15) is 17.6 Å². The molecular weight excluding hydrogens is 208 g/mol. The summed E-state index contributed by atoms with van der Waals surface area (Å²) in [6.07, 6.45) is -0.344. The second kappa shape index (κ2) is 6.00. The summed E-state index contributed by atoms with van der Waals surface area (Å²) in [5.74, 6) is 0.566. The maximum absolute atomic E-state index is 10.4. The summed E-state index contributed by atoms with van der Waals surface area (Å²) >= 11 is 0. The molecule has 0 fully saturated rings. The smallest absolute Gasteiger partial charge is 0.307 e. The lowest BCUT2D eigenvalue weighted by Gasteiger charge is -2.12. The molecule has 1 aromatic carbocycles. The van der Waals surface area contributed by atoms with Crippen molar-refractivity contribution in [3.05, 3.63) is 24.3 Å². The minimum Gasteiger partial charge on any atom is -0.494 e. The van der Waals surface area contributed by atoms with Crippen molar-refractivity contribution in [1.29, 1.82) is 0 Å². The van der Waals surface area contributed by atoms with Gasteiger partial charge in [0, 0.05) is 0 Å². The summed E-state index contributed by atoms with van der Waals surface area (Å²) in [6, 6.07) is 7.13. The van der Waals surface area contributed by atoms with E-state index in [2.05, 4.69) is 0 Å². The topological polar surface area (TPSA) is 55.8 Å². The van der Waals surface area contributed by atoms with Gasteiger partial charge in [0.05, 0.1) is 13.0 Å². The van der Waals surface area contributed by atoms with Crippen LogP contribution in [0.2, 0.25) is 0 Å². The average Bonchev–Trinajstić information content (AvgIpc) is 2.20. The molecule has 0 saturated heterocycles. The number of carboxylic acid groups (broad SMARTS) is 1. The second-order valence-electron chi connectivity index (χ2n) is 3.43. The zero-order valence-electron chi connectivity index (χ0n) is 9.47. The summed E-state index contributed by atoms with van der Waals surface area (Å²) in [5.41, 5.74) is 0. The van der Waals surface area contributed by atoms with Crippen LogP contribution in [0.25, 0.3) is 0 Å². The SMILES string of the molecule is CCOc1ccc(OC(C)CC(=O)O)cc1. The standard InChI is InChI=1S/C12H16O4/c1-3-15-10-4-6-11(7-5-10)16-9(2)8-12(13)14/h4-7,9H,3,8H2,1-2H3,(H,13,14). The summed E-state index contributed by atoms with van der Waals surface area (Å²) in [6.45, 7) is 4.26. The minimum atomic E-state index is -0.863. The summed E-state index contributed by atoms with van der Waals surface area (Å²) in [5, 5.41) is 8.58. The normalized spacial score (nSPS) is 11.9. The van der Waals surface area contributed by atoms with E-state index in [1.165, 1.54) is 0 Å². The van der Waals surface area contributed by atoms with Crippen molar-refractivity contribution in [3.8, 4) is 11.5 Å². The monoisotopic (exact) mass is 224 g/mol. The highest BCUT2D eigenvalue weighted by Gasteiger charge is 2.08. The lowest BCUT2D eigenvalue weighted by molar-refractivity contribution is -0.138. The molecule has 4 nitrogen and oxygen atoms in total. The maximum atomic E-state index is 10.4. The molecule has 0 aromatic heterocycles. The van der Waals surface area contributed by atoms with E-state index >= 15 is 0 Å². The first-order valence-electron chi connectivity index (χ1n) is 5.23. The molecule has 88 valence electrons. The fraction of sp³-hybridized carbons (Fsp3) is 0.417. The molecule has 4 heteroatoms. The maximum Gasteiger partial charge on any atom is 0.307 e. The summed E-state index contributed by atoms with van der Waals surface area (Å²) in [7, 11) is 0. The third kappa shape index (κ3) is 4.21. The van der Waals surface area contributed by atoms with E-state index in [-0.39, 0.29) is 12.5 Å². The molecule has 16 heavy (non-hydrogen) atoms. The predicted octanol–water partition coefficient (Wildman–Crippen LogP) is 2.33. The molecule has 0 spiro atoms. The highest BCUT2D eigenvalue weighted by atomic mass is 16.5. The van der Waals surface area contributed by atoms with Crippen molar-refractivity contribution in [2.75, 3.05) is 6.61 Å². The van der Waals surface area contributed by atoms with Crippen molar-refractivity contribution in [2.45, 2.75) is 26.4 Å². The summed E-state index contributed by atoms with van der Waals surface area (Å²) in [4.78, 5) is 10.4. The molecule has 1 atom stereocenters. The van der Waals surface area contributed by atoms with Crippen molar-refractivity contribution in [1.82, 2.24) is 0 Å². The Labute approximate surface area is 94.8 Å². The van der Waals surface area contributed by atoms with Gasteiger partial charge in [0.2, 0.25) is 0 Å². The van der Waals surface area contributed by atoms with Crippen LogP contribution in [0.3, 0.4) is 0 Å². The number of ether oxygens (including phenoxy) is 2. The highest BCUT2D eigenvalue weighted by Crippen LogP contribution is 2.19. The molecule has 0 saturated carbocycles. The number of hydrogen-bond donors (Lipinski definition) is 1. The van der Waals surface area contributed by atoms with Crippen LogP contribution in [0.15, 0.2) is 24.3 Å². The second-order valence-corrected chi connectivity index (χ2v) is 3.43. The van der Waals surface area contributed by atoms with Gasteiger partial charge in [-0.15, -0.1) is 0 Å². The van der Waals surface area contributed by atoms with Gasteiger partial charge in [-0.1, -0.05) is 0 Å². The van der Waals surface area contributed by atoms with Crippen LogP contribution in [-0.2, 0) is 4.79 Å². The number of carboxylic acids is 1. The van der Waals surface area contributed by atoms with Gasteiger partial charge >= 0.3 is 5.97 Å². The van der Waals surface area contributed by atoms with Crippen LogP contribution in [-0.4, -0.2) is 23.8 Å². The third-order valence-electron chi connectivity index (χ3n) is 1.93. The quantitative estimate of drug-likeness (QED) is 0.805. The van der Waals surface area contributed by atoms with Gasteiger partial charge in [-0.25, -0.2) is 0 Å².